The Labute approximate surface area is 208 Å². The van der Waals surface area contributed by atoms with Gasteiger partial charge < -0.3 is 10.1 Å². The molecule has 0 aliphatic rings. The lowest BCUT2D eigenvalue weighted by atomic mass is 10.1. The second-order valence-electron chi connectivity index (χ2n) is 7.79. The number of nitrogens with zero attached hydrogens (tertiary/aromatic N) is 3. The molecule has 6 nitrogen and oxygen atoms in total. The number of hydrogen-bond acceptors (Lipinski definition) is 5. The van der Waals surface area contributed by atoms with E-state index in [0.717, 1.165) is 33.8 Å². The molecule has 4 rings (SSSR count). The molecule has 0 radical (unpaired) electrons. The molecule has 8 heteroatoms. The fraction of sp³-hybridized carbons (Fsp3) is 0.192. The number of rotatable bonds is 8. The third-order valence-corrected chi connectivity index (χ3v) is 6.16. The Kier molecular flexibility index (Phi) is 7.55. The first-order valence-electron chi connectivity index (χ1n) is 10.9. The molecule has 1 heterocycles. The molecule has 0 saturated heterocycles. The number of halogens is 1. The number of benzene rings is 3. The SMILES string of the molecule is CCOc1ccc(-n2c(SCC(=O)Nc3cc(C)cc(C)c3)nnc2-c2ccc(Cl)cc2)cc1. The van der Waals surface area contributed by atoms with Crippen molar-refractivity contribution in [3.63, 3.8) is 0 Å². The molecule has 0 fully saturated rings. The van der Waals surface area contributed by atoms with Crippen molar-refractivity contribution in [2.24, 2.45) is 0 Å². The maximum atomic E-state index is 12.7. The molecule has 0 unspecified atom stereocenters. The summed E-state index contributed by atoms with van der Waals surface area (Å²) in [4.78, 5) is 12.7. The molecular weight excluding hydrogens is 468 g/mol. The first-order chi connectivity index (χ1) is 16.4. The van der Waals surface area contributed by atoms with Crippen LogP contribution in [0.4, 0.5) is 5.69 Å². The summed E-state index contributed by atoms with van der Waals surface area (Å²) in [6.07, 6.45) is 0. The van der Waals surface area contributed by atoms with Gasteiger partial charge in [0.15, 0.2) is 11.0 Å². The molecule has 4 aromatic rings. The molecule has 0 saturated carbocycles. The van der Waals surface area contributed by atoms with E-state index in [1.165, 1.54) is 11.8 Å². The number of nitrogens with one attached hydrogen (secondary N) is 1. The van der Waals surface area contributed by atoms with Crippen molar-refractivity contribution < 1.29 is 9.53 Å². The van der Waals surface area contributed by atoms with Gasteiger partial charge in [-0.25, -0.2) is 0 Å². The number of thioether (sulfide) groups is 1. The Morgan fingerprint density at radius 1 is 1.00 bits per heavy atom. The Balaban J connectivity index is 1.60. The van der Waals surface area contributed by atoms with Crippen LogP contribution in [0.1, 0.15) is 18.1 Å². The highest BCUT2D eigenvalue weighted by Gasteiger charge is 2.18. The molecule has 0 bridgehead atoms. The molecule has 0 atom stereocenters. The van der Waals surface area contributed by atoms with Crippen LogP contribution in [0.3, 0.4) is 0 Å². The number of aryl methyl sites for hydroxylation is 2. The lowest BCUT2D eigenvalue weighted by Crippen LogP contribution is -2.14. The van der Waals surface area contributed by atoms with Crippen molar-refractivity contribution in [2.75, 3.05) is 17.7 Å². The highest BCUT2D eigenvalue weighted by molar-refractivity contribution is 7.99. The van der Waals surface area contributed by atoms with Crippen LogP contribution in [0.2, 0.25) is 5.02 Å². The third kappa shape index (κ3) is 5.79. The summed E-state index contributed by atoms with van der Waals surface area (Å²) in [5.41, 5.74) is 4.74. The predicted molar refractivity (Wildman–Crippen MR) is 138 cm³/mol. The van der Waals surface area contributed by atoms with Crippen LogP contribution in [0.15, 0.2) is 71.9 Å². The molecule has 1 aromatic heterocycles. The molecule has 0 spiro atoms. The standard InChI is InChI=1S/C26H25ClN4O2S/c1-4-33-23-11-9-22(10-12-23)31-25(19-5-7-20(27)8-6-19)29-30-26(31)34-16-24(32)28-21-14-17(2)13-18(3)15-21/h5-15H,4,16H2,1-3H3,(H,28,32). The van der Waals surface area contributed by atoms with Crippen molar-refractivity contribution in [3.8, 4) is 22.8 Å². The first kappa shape index (κ1) is 23.9. The van der Waals surface area contributed by atoms with Crippen molar-refractivity contribution in [1.82, 2.24) is 14.8 Å². The number of carbonyl (C=O) groups excluding carboxylic acids is 1. The van der Waals surface area contributed by atoms with Crippen LogP contribution < -0.4 is 10.1 Å². The lowest BCUT2D eigenvalue weighted by Gasteiger charge is -2.12. The van der Waals surface area contributed by atoms with E-state index in [0.29, 0.717) is 22.6 Å². The zero-order chi connectivity index (χ0) is 24.1. The van der Waals surface area contributed by atoms with Gasteiger partial charge in [-0.15, -0.1) is 10.2 Å². The van der Waals surface area contributed by atoms with E-state index in [9.17, 15) is 4.79 Å². The lowest BCUT2D eigenvalue weighted by molar-refractivity contribution is -0.113. The molecule has 0 aliphatic carbocycles. The van der Waals surface area contributed by atoms with Crippen molar-refractivity contribution in [3.05, 3.63) is 82.9 Å². The van der Waals surface area contributed by atoms with Crippen LogP contribution >= 0.6 is 23.4 Å². The molecule has 34 heavy (non-hydrogen) atoms. The summed E-state index contributed by atoms with van der Waals surface area (Å²) >= 11 is 7.40. The topological polar surface area (TPSA) is 69.0 Å². The maximum Gasteiger partial charge on any atom is 0.234 e. The van der Waals surface area contributed by atoms with E-state index in [1.807, 2.05) is 86.0 Å². The number of amides is 1. The number of carbonyl (C=O) groups is 1. The van der Waals surface area contributed by atoms with Gasteiger partial charge >= 0.3 is 0 Å². The average Bonchev–Trinajstić information content (AvgIpc) is 3.22. The third-order valence-electron chi connectivity index (χ3n) is 4.98. The van der Waals surface area contributed by atoms with Crippen molar-refractivity contribution in [1.29, 1.82) is 0 Å². The normalized spacial score (nSPS) is 10.8. The number of anilines is 1. The van der Waals surface area contributed by atoms with Gasteiger partial charge in [0.25, 0.3) is 0 Å². The maximum absolute atomic E-state index is 12.7. The zero-order valence-corrected chi connectivity index (χ0v) is 20.8. The minimum absolute atomic E-state index is 0.107. The number of aromatic nitrogens is 3. The largest absolute Gasteiger partial charge is 0.494 e. The molecule has 1 N–H and O–H groups in total. The van der Waals surface area contributed by atoms with Gasteiger partial charge in [-0.05, 0) is 92.6 Å². The highest BCUT2D eigenvalue weighted by Crippen LogP contribution is 2.29. The van der Waals surface area contributed by atoms with Gasteiger partial charge in [0.2, 0.25) is 5.91 Å². The fourth-order valence-electron chi connectivity index (χ4n) is 3.61. The highest BCUT2D eigenvalue weighted by atomic mass is 35.5. The monoisotopic (exact) mass is 492 g/mol. The summed E-state index contributed by atoms with van der Waals surface area (Å²) < 4.78 is 7.51. The molecule has 174 valence electrons. The van der Waals surface area contributed by atoms with Gasteiger partial charge in [-0.1, -0.05) is 29.4 Å². The minimum atomic E-state index is -0.107. The van der Waals surface area contributed by atoms with Gasteiger partial charge in [-0.2, -0.15) is 0 Å². The summed E-state index contributed by atoms with van der Waals surface area (Å²) in [7, 11) is 0. The zero-order valence-electron chi connectivity index (χ0n) is 19.2. The van der Waals surface area contributed by atoms with Gasteiger partial charge in [-0.3, -0.25) is 9.36 Å². The van der Waals surface area contributed by atoms with E-state index in [2.05, 4.69) is 21.6 Å². The molecule has 0 aliphatic heterocycles. The Morgan fingerprint density at radius 2 is 1.68 bits per heavy atom. The van der Waals surface area contributed by atoms with Gasteiger partial charge in [0, 0.05) is 22.0 Å². The second kappa shape index (κ2) is 10.8. The fourth-order valence-corrected chi connectivity index (χ4v) is 4.49. The quantitative estimate of drug-likeness (QED) is 0.291. The Hall–Kier alpha value is -3.29. The van der Waals surface area contributed by atoms with Crippen LogP contribution in [0, 0.1) is 13.8 Å². The van der Waals surface area contributed by atoms with Gasteiger partial charge in [0.05, 0.1) is 12.4 Å². The van der Waals surface area contributed by atoms with Crippen LogP contribution in [-0.4, -0.2) is 33.0 Å². The van der Waals surface area contributed by atoms with Crippen LogP contribution in [0.5, 0.6) is 5.75 Å². The molecule has 1 amide bonds. The van der Waals surface area contributed by atoms with Crippen molar-refractivity contribution >= 4 is 35.0 Å². The predicted octanol–water partition coefficient (Wildman–Crippen LogP) is 6.33. The van der Waals surface area contributed by atoms with Gasteiger partial charge in [0.1, 0.15) is 5.75 Å². The van der Waals surface area contributed by atoms with E-state index < -0.39 is 0 Å². The van der Waals surface area contributed by atoms with E-state index in [1.54, 1.807) is 0 Å². The number of hydrogen-bond donors (Lipinski definition) is 1. The second-order valence-corrected chi connectivity index (χ2v) is 9.17. The first-order valence-corrected chi connectivity index (χ1v) is 12.2. The summed E-state index contributed by atoms with van der Waals surface area (Å²) in [5.74, 6) is 1.54. The smallest absolute Gasteiger partial charge is 0.234 e. The van der Waals surface area contributed by atoms with Crippen molar-refractivity contribution in [2.45, 2.75) is 25.9 Å². The van der Waals surface area contributed by atoms with Crippen LogP contribution in [-0.2, 0) is 4.79 Å². The minimum Gasteiger partial charge on any atom is -0.494 e. The summed E-state index contributed by atoms with van der Waals surface area (Å²) in [5, 5.41) is 13.0. The molecule has 3 aromatic carbocycles. The average molecular weight is 493 g/mol. The van der Waals surface area contributed by atoms with Crippen LogP contribution in [0.25, 0.3) is 17.1 Å². The summed E-state index contributed by atoms with van der Waals surface area (Å²) in [6, 6.07) is 21.1. The van der Waals surface area contributed by atoms with E-state index in [-0.39, 0.29) is 11.7 Å². The Bertz CT molecular complexity index is 1270. The van der Waals surface area contributed by atoms with E-state index in [4.69, 9.17) is 16.3 Å². The van der Waals surface area contributed by atoms with E-state index >= 15 is 0 Å². The summed E-state index contributed by atoms with van der Waals surface area (Å²) in [6.45, 7) is 6.56. The number of ether oxygens (including phenoxy) is 1. The Morgan fingerprint density at radius 3 is 2.32 bits per heavy atom. The molecular formula is C26H25ClN4O2S.